The number of methoxy groups -OCH3 is 2. The zero-order chi connectivity index (χ0) is 18.4. The second kappa shape index (κ2) is 7.79. The standard InChI is InChI=1S/C19H15NO5/c1-4-12-6-5-7-13(8-12)17(21)20-16-10-14(18(22)24-2)9-15(11-16)19(23)25-3/h1,5-11H,2-3H3,(H,20,21). The first-order chi connectivity index (χ1) is 12.0. The van der Waals surface area contributed by atoms with Crippen LogP contribution in [0.4, 0.5) is 5.69 Å². The lowest BCUT2D eigenvalue weighted by Gasteiger charge is -2.10. The Morgan fingerprint density at radius 1 is 0.920 bits per heavy atom. The van der Waals surface area contributed by atoms with Crippen molar-refractivity contribution in [2.75, 3.05) is 19.5 Å². The zero-order valence-corrected chi connectivity index (χ0v) is 13.7. The first-order valence-corrected chi connectivity index (χ1v) is 7.18. The minimum Gasteiger partial charge on any atom is -0.465 e. The maximum Gasteiger partial charge on any atom is 0.337 e. The van der Waals surface area contributed by atoms with Gasteiger partial charge in [-0.1, -0.05) is 12.0 Å². The zero-order valence-electron chi connectivity index (χ0n) is 13.7. The van der Waals surface area contributed by atoms with E-state index in [1.807, 2.05) is 0 Å². The number of rotatable bonds is 4. The number of esters is 2. The molecule has 0 atom stereocenters. The molecule has 0 aliphatic heterocycles. The molecule has 0 bridgehead atoms. The molecule has 2 aromatic carbocycles. The van der Waals surface area contributed by atoms with Crippen LogP contribution in [0.3, 0.4) is 0 Å². The van der Waals surface area contributed by atoms with Crippen LogP contribution < -0.4 is 5.32 Å². The third-order valence-corrected chi connectivity index (χ3v) is 3.32. The Balaban J connectivity index is 2.37. The molecular weight excluding hydrogens is 322 g/mol. The molecule has 1 N–H and O–H groups in total. The van der Waals surface area contributed by atoms with E-state index in [9.17, 15) is 14.4 Å². The van der Waals surface area contributed by atoms with Crippen LogP contribution in [0.25, 0.3) is 0 Å². The van der Waals surface area contributed by atoms with E-state index in [0.29, 0.717) is 11.1 Å². The van der Waals surface area contributed by atoms with Crippen LogP contribution in [0, 0.1) is 12.3 Å². The molecule has 6 heteroatoms. The molecule has 126 valence electrons. The summed E-state index contributed by atoms with van der Waals surface area (Å²) in [6.07, 6.45) is 5.32. The van der Waals surface area contributed by atoms with E-state index in [-0.39, 0.29) is 16.8 Å². The fraction of sp³-hybridized carbons (Fsp3) is 0.105. The number of ether oxygens (including phenoxy) is 2. The van der Waals surface area contributed by atoms with Gasteiger partial charge in [0.1, 0.15) is 0 Å². The summed E-state index contributed by atoms with van der Waals surface area (Å²) in [6.45, 7) is 0. The second-order valence-electron chi connectivity index (χ2n) is 4.96. The smallest absolute Gasteiger partial charge is 0.337 e. The number of nitrogens with one attached hydrogen (secondary N) is 1. The lowest BCUT2D eigenvalue weighted by Crippen LogP contribution is -2.14. The van der Waals surface area contributed by atoms with Gasteiger partial charge in [-0.2, -0.15) is 0 Å². The lowest BCUT2D eigenvalue weighted by atomic mass is 10.1. The number of hydrogen-bond acceptors (Lipinski definition) is 5. The SMILES string of the molecule is C#Cc1cccc(C(=O)Nc2cc(C(=O)OC)cc(C(=O)OC)c2)c1. The molecule has 2 rings (SSSR count). The van der Waals surface area contributed by atoms with Gasteiger partial charge in [-0.05, 0) is 36.4 Å². The predicted octanol–water partition coefficient (Wildman–Crippen LogP) is 2.49. The number of hydrogen-bond donors (Lipinski definition) is 1. The average Bonchev–Trinajstić information content (AvgIpc) is 2.66. The topological polar surface area (TPSA) is 81.7 Å². The monoisotopic (exact) mass is 337 g/mol. The van der Waals surface area contributed by atoms with Crippen LogP contribution in [-0.2, 0) is 9.47 Å². The fourth-order valence-electron chi connectivity index (χ4n) is 2.12. The van der Waals surface area contributed by atoms with Crippen LogP contribution >= 0.6 is 0 Å². The van der Waals surface area contributed by atoms with E-state index in [1.165, 1.54) is 32.4 Å². The maximum atomic E-state index is 12.4. The van der Waals surface area contributed by atoms with Crippen molar-refractivity contribution in [1.82, 2.24) is 0 Å². The molecule has 2 aromatic rings. The molecule has 0 radical (unpaired) electrons. The summed E-state index contributed by atoms with van der Waals surface area (Å²) < 4.78 is 9.31. The van der Waals surface area contributed by atoms with Gasteiger partial charge in [-0.15, -0.1) is 6.42 Å². The van der Waals surface area contributed by atoms with Gasteiger partial charge in [0.25, 0.3) is 5.91 Å². The summed E-state index contributed by atoms with van der Waals surface area (Å²) >= 11 is 0. The summed E-state index contributed by atoms with van der Waals surface area (Å²) in [5.74, 6) is 0.726. The molecule has 0 heterocycles. The Labute approximate surface area is 144 Å². The Morgan fingerprint density at radius 2 is 1.52 bits per heavy atom. The third kappa shape index (κ3) is 4.24. The van der Waals surface area contributed by atoms with Crippen LogP contribution in [0.1, 0.15) is 36.6 Å². The number of benzene rings is 2. The third-order valence-electron chi connectivity index (χ3n) is 3.32. The number of carbonyl (C=O) groups excluding carboxylic acids is 3. The van der Waals surface area contributed by atoms with Crippen molar-refractivity contribution in [3.63, 3.8) is 0 Å². The first kappa shape index (κ1) is 17.8. The minimum atomic E-state index is -0.643. The van der Waals surface area contributed by atoms with Crippen molar-refractivity contribution < 1.29 is 23.9 Å². The number of carbonyl (C=O) groups is 3. The normalized spacial score (nSPS) is 9.64. The highest BCUT2D eigenvalue weighted by atomic mass is 16.5. The highest BCUT2D eigenvalue weighted by Crippen LogP contribution is 2.18. The van der Waals surface area contributed by atoms with E-state index in [1.54, 1.807) is 24.3 Å². The van der Waals surface area contributed by atoms with E-state index in [2.05, 4.69) is 20.7 Å². The minimum absolute atomic E-state index is 0.109. The number of anilines is 1. The predicted molar refractivity (Wildman–Crippen MR) is 91.5 cm³/mol. The summed E-state index contributed by atoms with van der Waals surface area (Å²) in [5, 5.41) is 2.63. The van der Waals surface area contributed by atoms with Crippen LogP contribution in [0.5, 0.6) is 0 Å². The van der Waals surface area contributed by atoms with Crippen LogP contribution in [0.2, 0.25) is 0 Å². The summed E-state index contributed by atoms with van der Waals surface area (Å²) in [6, 6.07) is 10.6. The Bertz CT molecular complexity index is 845. The first-order valence-electron chi connectivity index (χ1n) is 7.18. The van der Waals surface area contributed by atoms with Crippen molar-refractivity contribution >= 4 is 23.5 Å². The van der Waals surface area contributed by atoms with Gasteiger partial charge < -0.3 is 14.8 Å². The fourth-order valence-corrected chi connectivity index (χ4v) is 2.12. The van der Waals surface area contributed by atoms with Crippen LogP contribution in [0.15, 0.2) is 42.5 Å². The van der Waals surface area contributed by atoms with Gasteiger partial charge in [0.15, 0.2) is 0 Å². The van der Waals surface area contributed by atoms with E-state index >= 15 is 0 Å². The molecule has 0 unspecified atom stereocenters. The summed E-state index contributed by atoms with van der Waals surface area (Å²) in [7, 11) is 2.44. The highest BCUT2D eigenvalue weighted by molar-refractivity contribution is 6.06. The van der Waals surface area contributed by atoms with Crippen LogP contribution in [-0.4, -0.2) is 32.1 Å². The van der Waals surface area contributed by atoms with E-state index in [4.69, 9.17) is 6.42 Å². The molecule has 0 fully saturated rings. The molecule has 0 aliphatic rings. The van der Waals surface area contributed by atoms with Gasteiger partial charge >= 0.3 is 11.9 Å². The Hall–Kier alpha value is -3.59. The molecule has 0 saturated heterocycles. The maximum absolute atomic E-state index is 12.4. The van der Waals surface area contributed by atoms with Gasteiger partial charge in [0.2, 0.25) is 0 Å². The van der Waals surface area contributed by atoms with Crippen molar-refractivity contribution in [3.05, 3.63) is 64.7 Å². The lowest BCUT2D eigenvalue weighted by molar-refractivity contribution is 0.0599. The van der Waals surface area contributed by atoms with Gasteiger partial charge in [-0.25, -0.2) is 9.59 Å². The molecule has 6 nitrogen and oxygen atoms in total. The quantitative estimate of drug-likeness (QED) is 0.685. The van der Waals surface area contributed by atoms with Gasteiger partial charge in [0, 0.05) is 16.8 Å². The molecule has 0 aromatic heterocycles. The molecule has 1 amide bonds. The average molecular weight is 337 g/mol. The summed E-state index contributed by atoms with van der Waals surface area (Å²) in [5.41, 5.74) is 1.38. The molecule has 0 aliphatic carbocycles. The summed E-state index contributed by atoms with van der Waals surface area (Å²) in [4.78, 5) is 35.9. The highest BCUT2D eigenvalue weighted by Gasteiger charge is 2.15. The molecule has 0 spiro atoms. The molecular formula is C19H15NO5. The molecule has 25 heavy (non-hydrogen) atoms. The van der Waals surface area contributed by atoms with Crippen molar-refractivity contribution in [2.45, 2.75) is 0 Å². The van der Waals surface area contributed by atoms with E-state index in [0.717, 1.165) is 0 Å². The second-order valence-corrected chi connectivity index (χ2v) is 4.96. The molecule has 0 saturated carbocycles. The Morgan fingerprint density at radius 3 is 2.04 bits per heavy atom. The van der Waals surface area contributed by atoms with Crippen molar-refractivity contribution in [3.8, 4) is 12.3 Å². The van der Waals surface area contributed by atoms with Crippen molar-refractivity contribution in [1.29, 1.82) is 0 Å². The number of terminal acetylenes is 1. The Kier molecular flexibility index (Phi) is 5.54. The largest absolute Gasteiger partial charge is 0.465 e. The van der Waals surface area contributed by atoms with Gasteiger partial charge in [-0.3, -0.25) is 4.79 Å². The van der Waals surface area contributed by atoms with Gasteiger partial charge in [0.05, 0.1) is 25.3 Å². The van der Waals surface area contributed by atoms with E-state index < -0.39 is 17.8 Å². The number of amides is 1. The van der Waals surface area contributed by atoms with Crippen molar-refractivity contribution in [2.24, 2.45) is 0 Å².